The van der Waals surface area contributed by atoms with Crippen molar-refractivity contribution in [1.29, 1.82) is 0 Å². The zero-order valence-electron chi connectivity index (χ0n) is 11.5. The van der Waals surface area contributed by atoms with Gasteiger partial charge in [-0.25, -0.2) is 12.7 Å². The van der Waals surface area contributed by atoms with Crippen LogP contribution in [0.3, 0.4) is 0 Å². The lowest BCUT2D eigenvalue weighted by molar-refractivity contribution is 0.269. The molecule has 0 aromatic carbocycles. The van der Waals surface area contributed by atoms with Crippen LogP contribution >= 0.6 is 12.4 Å². The molecule has 2 N–H and O–H groups in total. The number of halogens is 1. The topological polar surface area (TPSA) is 89.2 Å². The summed E-state index contributed by atoms with van der Waals surface area (Å²) in [5.74, 6) is 0.262. The summed E-state index contributed by atoms with van der Waals surface area (Å²) in [6.07, 6.45) is 6.43. The molecule has 1 saturated heterocycles. The third kappa shape index (κ3) is 3.66. The van der Waals surface area contributed by atoms with Crippen LogP contribution in [0, 0.1) is 5.92 Å². The first-order valence-electron chi connectivity index (χ1n) is 6.50. The molecule has 2 atom stereocenters. The predicted octanol–water partition coefficient (Wildman–Crippen LogP) is 0.960. The summed E-state index contributed by atoms with van der Waals surface area (Å²) in [6.45, 7) is 3.28. The van der Waals surface area contributed by atoms with Gasteiger partial charge in [0.15, 0.2) is 0 Å². The summed E-state index contributed by atoms with van der Waals surface area (Å²) in [5, 5.41) is -0.669. The SMILES string of the molecule is CC(c1cnccn1)S(=O)(=O)N1CCCC(CN)C1.Cl. The molecule has 0 spiro atoms. The molecule has 2 rings (SSSR count). The zero-order valence-corrected chi connectivity index (χ0v) is 13.1. The zero-order chi connectivity index (χ0) is 13.9. The molecule has 1 fully saturated rings. The molecular formula is C12H21ClN4O2S. The van der Waals surface area contributed by atoms with E-state index in [2.05, 4.69) is 9.97 Å². The highest BCUT2D eigenvalue weighted by molar-refractivity contribution is 7.89. The second-order valence-corrected chi connectivity index (χ2v) is 7.17. The van der Waals surface area contributed by atoms with E-state index in [1.165, 1.54) is 18.6 Å². The molecule has 0 saturated carbocycles. The van der Waals surface area contributed by atoms with Gasteiger partial charge in [-0.1, -0.05) is 0 Å². The Morgan fingerprint density at radius 3 is 2.85 bits per heavy atom. The second kappa shape index (κ2) is 7.31. The lowest BCUT2D eigenvalue weighted by Crippen LogP contribution is -2.43. The number of rotatable bonds is 4. The van der Waals surface area contributed by atoms with Gasteiger partial charge >= 0.3 is 0 Å². The Morgan fingerprint density at radius 2 is 2.25 bits per heavy atom. The molecule has 0 aliphatic carbocycles. The van der Waals surface area contributed by atoms with Crippen molar-refractivity contribution < 1.29 is 8.42 Å². The molecule has 1 aromatic rings. The van der Waals surface area contributed by atoms with E-state index >= 15 is 0 Å². The minimum absolute atomic E-state index is 0. The number of hydrogen-bond acceptors (Lipinski definition) is 5. The summed E-state index contributed by atoms with van der Waals surface area (Å²) >= 11 is 0. The number of piperidine rings is 1. The van der Waals surface area contributed by atoms with Crippen LogP contribution in [-0.2, 0) is 10.0 Å². The molecule has 8 heteroatoms. The smallest absolute Gasteiger partial charge is 0.222 e. The Hall–Kier alpha value is -0.760. The van der Waals surface area contributed by atoms with Gasteiger partial charge in [0, 0.05) is 31.7 Å². The summed E-state index contributed by atoms with van der Waals surface area (Å²) < 4.78 is 26.7. The van der Waals surface area contributed by atoms with Crippen LogP contribution in [0.5, 0.6) is 0 Å². The summed E-state index contributed by atoms with van der Waals surface area (Å²) in [5.41, 5.74) is 6.14. The molecule has 1 aliphatic rings. The van der Waals surface area contributed by atoms with Crippen molar-refractivity contribution in [1.82, 2.24) is 14.3 Å². The largest absolute Gasteiger partial charge is 0.330 e. The van der Waals surface area contributed by atoms with E-state index in [-0.39, 0.29) is 18.3 Å². The number of hydrogen-bond donors (Lipinski definition) is 1. The molecular weight excluding hydrogens is 300 g/mol. The van der Waals surface area contributed by atoms with Gasteiger partial charge < -0.3 is 5.73 Å². The Bertz CT molecular complexity index is 511. The fraction of sp³-hybridized carbons (Fsp3) is 0.667. The van der Waals surface area contributed by atoms with Crippen molar-refractivity contribution in [2.24, 2.45) is 11.7 Å². The van der Waals surface area contributed by atoms with Crippen LogP contribution in [0.25, 0.3) is 0 Å². The molecule has 20 heavy (non-hydrogen) atoms. The standard InChI is InChI=1S/C12H20N4O2S.ClH/c1-10(12-8-14-4-5-15-12)19(17,18)16-6-2-3-11(7-13)9-16;/h4-5,8,10-11H,2-3,6-7,9,13H2,1H3;1H. The minimum atomic E-state index is -3.38. The Morgan fingerprint density at radius 1 is 1.50 bits per heavy atom. The normalized spacial score (nSPS) is 22.0. The Labute approximate surface area is 126 Å². The van der Waals surface area contributed by atoms with Gasteiger partial charge in [-0.2, -0.15) is 0 Å². The van der Waals surface area contributed by atoms with Crippen LogP contribution in [0.1, 0.15) is 30.7 Å². The van der Waals surface area contributed by atoms with Crippen molar-refractivity contribution >= 4 is 22.4 Å². The number of nitrogens with two attached hydrogens (primary N) is 1. The van der Waals surface area contributed by atoms with Crippen molar-refractivity contribution in [2.75, 3.05) is 19.6 Å². The van der Waals surface area contributed by atoms with E-state index in [9.17, 15) is 8.42 Å². The van der Waals surface area contributed by atoms with E-state index in [4.69, 9.17) is 5.73 Å². The van der Waals surface area contributed by atoms with Gasteiger partial charge in [-0.3, -0.25) is 9.97 Å². The average molecular weight is 321 g/mol. The van der Waals surface area contributed by atoms with Gasteiger partial charge in [0.05, 0.1) is 5.69 Å². The van der Waals surface area contributed by atoms with Crippen LogP contribution < -0.4 is 5.73 Å². The molecule has 0 amide bonds. The summed E-state index contributed by atoms with van der Waals surface area (Å²) in [4.78, 5) is 8.02. The van der Waals surface area contributed by atoms with Gasteiger partial charge in [-0.05, 0) is 32.2 Å². The maximum absolute atomic E-state index is 12.6. The average Bonchev–Trinajstić information content (AvgIpc) is 2.47. The quantitative estimate of drug-likeness (QED) is 0.892. The van der Waals surface area contributed by atoms with Gasteiger partial charge in [-0.15, -0.1) is 12.4 Å². The minimum Gasteiger partial charge on any atom is -0.330 e. The first-order chi connectivity index (χ1) is 9.05. The molecule has 0 bridgehead atoms. The lowest BCUT2D eigenvalue weighted by atomic mass is 10.0. The van der Waals surface area contributed by atoms with E-state index in [1.54, 1.807) is 11.2 Å². The maximum Gasteiger partial charge on any atom is 0.222 e. The van der Waals surface area contributed by atoms with E-state index in [0.717, 1.165) is 12.8 Å². The fourth-order valence-corrected chi connectivity index (χ4v) is 4.02. The maximum atomic E-state index is 12.6. The lowest BCUT2D eigenvalue weighted by Gasteiger charge is -2.32. The Kier molecular flexibility index (Phi) is 6.32. The molecule has 2 heterocycles. The predicted molar refractivity (Wildman–Crippen MR) is 80.0 cm³/mol. The Balaban J connectivity index is 0.00000200. The molecule has 1 aromatic heterocycles. The first-order valence-corrected chi connectivity index (χ1v) is 8.01. The molecule has 0 radical (unpaired) electrons. The highest BCUT2D eigenvalue weighted by Crippen LogP contribution is 2.27. The van der Waals surface area contributed by atoms with Gasteiger partial charge in [0.25, 0.3) is 0 Å². The van der Waals surface area contributed by atoms with Crippen molar-refractivity contribution in [3.05, 3.63) is 24.3 Å². The van der Waals surface area contributed by atoms with Crippen molar-refractivity contribution in [3.8, 4) is 0 Å². The first kappa shape index (κ1) is 17.3. The number of sulfonamides is 1. The van der Waals surface area contributed by atoms with E-state index in [1.807, 2.05) is 0 Å². The van der Waals surface area contributed by atoms with Crippen LogP contribution in [0.15, 0.2) is 18.6 Å². The molecule has 2 unspecified atom stereocenters. The van der Waals surface area contributed by atoms with Crippen LogP contribution in [0.4, 0.5) is 0 Å². The summed E-state index contributed by atoms with van der Waals surface area (Å²) in [7, 11) is -3.38. The van der Waals surface area contributed by atoms with Gasteiger partial charge in [0.2, 0.25) is 10.0 Å². The second-order valence-electron chi connectivity index (χ2n) is 4.92. The number of aromatic nitrogens is 2. The van der Waals surface area contributed by atoms with Crippen LogP contribution in [-0.4, -0.2) is 42.3 Å². The highest BCUT2D eigenvalue weighted by Gasteiger charge is 2.34. The fourth-order valence-electron chi connectivity index (χ4n) is 2.35. The number of nitrogens with zero attached hydrogens (tertiary/aromatic N) is 3. The van der Waals surface area contributed by atoms with Crippen molar-refractivity contribution in [3.63, 3.8) is 0 Å². The van der Waals surface area contributed by atoms with E-state index < -0.39 is 15.3 Å². The molecule has 114 valence electrons. The molecule has 1 aliphatic heterocycles. The third-order valence-electron chi connectivity index (χ3n) is 3.62. The monoisotopic (exact) mass is 320 g/mol. The third-order valence-corrected chi connectivity index (χ3v) is 5.81. The summed E-state index contributed by atoms with van der Waals surface area (Å²) in [6, 6.07) is 0. The van der Waals surface area contributed by atoms with E-state index in [0.29, 0.717) is 25.3 Å². The van der Waals surface area contributed by atoms with Crippen LogP contribution in [0.2, 0.25) is 0 Å². The highest BCUT2D eigenvalue weighted by atomic mass is 35.5. The van der Waals surface area contributed by atoms with Crippen molar-refractivity contribution in [2.45, 2.75) is 25.0 Å². The molecule has 6 nitrogen and oxygen atoms in total. The van der Waals surface area contributed by atoms with Gasteiger partial charge in [0.1, 0.15) is 5.25 Å².